The van der Waals surface area contributed by atoms with Gasteiger partial charge in [-0.1, -0.05) is 39.5 Å². The summed E-state index contributed by atoms with van der Waals surface area (Å²) in [5.74, 6) is -0.312. The zero-order valence-electron chi connectivity index (χ0n) is 22.3. The summed E-state index contributed by atoms with van der Waals surface area (Å²) < 4.78 is 0. The smallest absolute Gasteiger partial charge is 0.257 e. The second kappa shape index (κ2) is 13.2. The Morgan fingerprint density at radius 1 is 1.26 bits per heavy atom. The number of amides is 2. The Labute approximate surface area is 224 Å². The molecule has 2 aliphatic heterocycles. The molecule has 1 aromatic heterocycles. The van der Waals surface area contributed by atoms with Gasteiger partial charge in [0.2, 0.25) is 5.91 Å². The largest absolute Gasteiger partial charge is 0.367 e. The topological polar surface area (TPSA) is 131 Å². The van der Waals surface area contributed by atoms with E-state index in [4.69, 9.17) is 0 Å². The molecule has 3 rings (SSSR count). The third-order valence-electron chi connectivity index (χ3n) is 6.33. The van der Waals surface area contributed by atoms with Crippen LogP contribution in [0.5, 0.6) is 0 Å². The number of anilines is 2. The van der Waals surface area contributed by atoms with Gasteiger partial charge >= 0.3 is 0 Å². The molecular formula is C29H35N7O2. The van der Waals surface area contributed by atoms with Crippen molar-refractivity contribution < 1.29 is 9.59 Å². The van der Waals surface area contributed by atoms with E-state index in [-0.39, 0.29) is 30.4 Å². The first-order valence-electron chi connectivity index (χ1n) is 12.7. The highest BCUT2D eigenvalue weighted by Crippen LogP contribution is 2.26. The van der Waals surface area contributed by atoms with E-state index < -0.39 is 0 Å². The number of aryl methyl sites for hydroxylation is 1. The highest BCUT2D eigenvalue weighted by Gasteiger charge is 2.26. The molecule has 2 unspecified atom stereocenters. The van der Waals surface area contributed by atoms with Gasteiger partial charge in [-0.15, -0.1) is 0 Å². The number of fused-ring (bicyclic) bond motifs is 1. The number of likely N-dealkylation sites (N-methyl/N-ethyl adjacent to an activating group) is 1. The number of hydrogen-bond acceptors (Lipinski definition) is 7. The van der Waals surface area contributed by atoms with Crippen LogP contribution in [0.25, 0.3) is 0 Å². The number of rotatable bonds is 11. The molecular weight excluding hydrogens is 478 g/mol. The van der Waals surface area contributed by atoms with Crippen LogP contribution in [0.15, 0.2) is 83.4 Å². The van der Waals surface area contributed by atoms with Gasteiger partial charge in [0.05, 0.1) is 41.5 Å². The zero-order valence-corrected chi connectivity index (χ0v) is 22.3. The third-order valence-corrected chi connectivity index (χ3v) is 6.33. The fraction of sp³-hybridized carbons (Fsp3) is 0.310. The normalized spacial score (nSPS) is 17.4. The van der Waals surface area contributed by atoms with E-state index >= 15 is 0 Å². The second-order valence-corrected chi connectivity index (χ2v) is 9.05. The molecule has 0 saturated carbocycles. The summed E-state index contributed by atoms with van der Waals surface area (Å²) in [5.41, 5.74) is 5.39. The van der Waals surface area contributed by atoms with E-state index in [2.05, 4.69) is 51.1 Å². The van der Waals surface area contributed by atoms with Crippen LogP contribution in [0.2, 0.25) is 0 Å². The molecule has 9 nitrogen and oxygen atoms in total. The monoisotopic (exact) mass is 513 g/mol. The van der Waals surface area contributed by atoms with Crippen molar-refractivity contribution in [3.63, 3.8) is 0 Å². The SMILES string of the molecule is C=C/C(=C\C=C(\C#N)C(C)CC)C1=CC2=CC(C(=O)Nc3cc(NC(=O)CNCC)cnc3C)=CNC2N1. The maximum absolute atomic E-state index is 13.1. The molecule has 1 aromatic rings. The van der Waals surface area contributed by atoms with E-state index in [9.17, 15) is 14.9 Å². The van der Waals surface area contributed by atoms with Crippen molar-refractivity contribution >= 4 is 23.2 Å². The maximum Gasteiger partial charge on any atom is 0.257 e. The Kier molecular flexibility index (Phi) is 9.79. The molecule has 0 bridgehead atoms. The van der Waals surface area contributed by atoms with Crippen LogP contribution in [0, 0.1) is 24.2 Å². The molecule has 2 atom stereocenters. The number of carbonyl (C=O) groups is 2. The van der Waals surface area contributed by atoms with E-state index in [1.165, 1.54) is 0 Å². The summed E-state index contributed by atoms with van der Waals surface area (Å²) in [6, 6.07) is 3.96. The van der Waals surface area contributed by atoms with Crippen molar-refractivity contribution in [1.29, 1.82) is 5.26 Å². The lowest BCUT2D eigenvalue weighted by atomic mass is 9.98. The summed E-state index contributed by atoms with van der Waals surface area (Å²) in [5, 5.41) is 24.7. The number of pyridine rings is 1. The quantitative estimate of drug-likeness (QED) is 0.225. The first kappa shape index (κ1) is 28.2. The predicted molar refractivity (Wildman–Crippen MR) is 151 cm³/mol. The lowest BCUT2D eigenvalue weighted by molar-refractivity contribution is -0.115. The van der Waals surface area contributed by atoms with Gasteiger partial charge < -0.3 is 26.6 Å². The van der Waals surface area contributed by atoms with Crippen molar-refractivity contribution in [2.24, 2.45) is 5.92 Å². The van der Waals surface area contributed by atoms with Gasteiger partial charge in [-0.05, 0) is 61.2 Å². The minimum absolute atomic E-state index is 0.180. The Bertz CT molecular complexity index is 1290. The number of allylic oxidation sites excluding steroid dienone is 4. The van der Waals surface area contributed by atoms with Crippen LogP contribution in [0.1, 0.15) is 32.9 Å². The van der Waals surface area contributed by atoms with Crippen LogP contribution < -0.4 is 26.6 Å². The number of hydrogen-bond donors (Lipinski definition) is 5. The Hall–Kier alpha value is -4.42. The van der Waals surface area contributed by atoms with E-state index in [0.717, 1.165) is 23.3 Å². The molecule has 2 amide bonds. The summed E-state index contributed by atoms with van der Waals surface area (Å²) in [4.78, 5) is 29.4. The molecule has 0 fully saturated rings. The third kappa shape index (κ3) is 7.08. The molecule has 9 heteroatoms. The number of dihydropyridines is 1. The lowest BCUT2D eigenvalue weighted by Crippen LogP contribution is -2.39. The van der Waals surface area contributed by atoms with Gasteiger partial charge in [-0.3, -0.25) is 14.6 Å². The van der Waals surface area contributed by atoms with Crippen molar-refractivity contribution in [3.05, 3.63) is 89.1 Å². The first-order valence-corrected chi connectivity index (χ1v) is 12.7. The molecule has 3 heterocycles. The molecule has 0 aromatic carbocycles. The molecule has 38 heavy (non-hydrogen) atoms. The van der Waals surface area contributed by atoms with Gasteiger partial charge in [0.15, 0.2) is 0 Å². The van der Waals surface area contributed by atoms with Crippen molar-refractivity contribution in [2.45, 2.75) is 40.3 Å². The first-order chi connectivity index (χ1) is 18.3. The lowest BCUT2D eigenvalue weighted by Gasteiger charge is -2.21. The van der Waals surface area contributed by atoms with Crippen molar-refractivity contribution in [3.8, 4) is 6.07 Å². The molecule has 198 valence electrons. The van der Waals surface area contributed by atoms with Crippen LogP contribution >= 0.6 is 0 Å². The number of nitriles is 1. The van der Waals surface area contributed by atoms with E-state index in [1.807, 2.05) is 38.2 Å². The van der Waals surface area contributed by atoms with Gasteiger partial charge in [-0.2, -0.15) is 5.26 Å². The maximum atomic E-state index is 13.1. The Morgan fingerprint density at radius 3 is 2.74 bits per heavy atom. The van der Waals surface area contributed by atoms with Gasteiger partial charge in [0, 0.05) is 17.5 Å². The van der Waals surface area contributed by atoms with Crippen LogP contribution in [0.3, 0.4) is 0 Å². The minimum Gasteiger partial charge on any atom is -0.367 e. The van der Waals surface area contributed by atoms with Crippen molar-refractivity contribution in [1.82, 2.24) is 20.9 Å². The van der Waals surface area contributed by atoms with E-state index in [0.29, 0.717) is 34.8 Å². The Morgan fingerprint density at radius 2 is 2.05 bits per heavy atom. The summed E-state index contributed by atoms with van der Waals surface area (Å²) in [6.45, 7) is 12.6. The summed E-state index contributed by atoms with van der Waals surface area (Å²) >= 11 is 0. The standard InChI is InChI=1S/C29H35N7O2/c1-6-18(4)21(14-30)10-9-20(7-2)26-12-22-11-23(15-33-28(22)35-26)29(38)36-25-13-24(16-32-19(25)5)34-27(37)17-31-8-3/h7,9-13,15-16,18,28,31,33,35H,2,6,8,17H2,1,3-5H3,(H,34,37)(H,36,38)/b20-9+,21-10-. The average molecular weight is 514 g/mol. The zero-order chi connectivity index (χ0) is 27.7. The fourth-order valence-electron chi connectivity index (χ4n) is 3.83. The van der Waals surface area contributed by atoms with Crippen LogP contribution in [-0.4, -0.2) is 36.1 Å². The van der Waals surface area contributed by atoms with Crippen LogP contribution in [0.4, 0.5) is 11.4 Å². The molecule has 0 saturated heterocycles. The molecule has 0 spiro atoms. The minimum atomic E-state index is -0.305. The van der Waals surface area contributed by atoms with Gasteiger partial charge in [0.25, 0.3) is 5.91 Å². The number of carbonyl (C=O) groups excluding carboxylic acids is 2. The van der Waals surface area contributed by atoms with E-state index in [1.54, 1.807) is 31.5 Å². The van der Waals surface area contributed by atoms with Gasteiger partial charge in [0.1, 0.15) is 6.17 Å². The summed E-state index contributed by atoms with van der Waals surface area (Å²) in [7, 11) is 0. The number of nitrogens with one attached hydrogen (secondary N) is 5. The highest BCUT2D eigenvalue weighted by atomic mass is 16.2. The van der Waals surface area contributed by atoms with Crippen molar-refractivity contribution in [2.75, 3.05) is 23.7 Å². The molecule has 2 aliphatic rings. The number of nitrogens with zero attached hydrogens (tertiary/aromatic N) is 2. The number of aromatic nitrogens is 1. The molecule has 0 aliphatic carbocycles. The van der Waals surface area contributed by atoms with Crippen LogP contribution in [-0.2, 0) is 9.59 Å². The Balaban J connectivity index is 1.74. The summed E-state index contributed by atoms with van der Waals surface area (Å²) in [6.07, 6.45) is 13.2. The predicted octanol–water partition coefficient (Wildman–Crippen LogP) is 3.71. The van der Waals surface area contributed by atoms with Gasteiger partial charge in [-0.25, -0.2) is 0 Å². The molecule has 0 radical (unpaired) electrons. The fourth-order valence-corrected chi connectivity index (χ4v) is 3.83. The average Bonchev–Trinajstić information content (AvgIpc) is 3.34. The highest BCUT2D eigenvalue weighted by molar-refractivity contribution is 6.06. The molecule has 5 N–H and O–H groups in total. The second-order valence-electron chi connectivity index (χ2n) is 9.05.